The van der Waals surface area contributed by atoms with Crippen molar-refractivity contribution in [2.45, 2.75) is 32.4 Å². The maximum Gasteiger partial charge on any atom is 0.414 e. The van der Waals surface area contributed by atoms with Gasteiger partial charge in [0, 0.05) is 17.1 Å². The van der Waals surface area contributed by atoms with E-state index in [1.54, 1.807) is 16.2 Å². The van der Waals surface area contributed by atoms with Crippen LogP contribution in [0, 0.1) is 12.8 Å². The lowest BCUT2D eigenvalue weighted by Crippen LogP contribution is -2.53. The fourth-order valence-electron chi connectivity index (χ4n) is 3.89. The Bertz CT molecular complexity index is 792. The first-order valence-corrected chi connectivity index (χ1v) is 10.7. The molecule has 2 aromatic rings. The molecule has 0 spiro atoms. The zero-order chi connectivity index (χ0) is 18.1. The Labute approximate surface area is 179 Å². The molecule has 3 aliphatic heterocycles. The number of carbonyl (C=O) groups is 1. The SMILES string of the molecule is Cc1cccc(N(Cc2ccc(Br)s2)C(=O)O[C@H]2CN3CCC2CC3)c1.Cl. The molecule has 5 rings (SSSR count). The van der Waals surface area contributed by atoms with Gasteiger partial charge in [0.2, 0.25) is 0 Å². The molecule has 0 radical (unpaired) electrons. The van der Waals surface area contributed by atoms with Gasteiger partial charge in [0.05, 0.1) is 10.3 Å². The van der Waals surface area contributed by atoms with Gasteiger partial charge in [-0.2, -0.15) is 0 Å². The second kappa shape index (κ2) is 8.95. The molecule has 7 heteroatoms. The predicted molar refractivity (Wildman–Crippen MR) is 116 cm³/mol. The summed E-state index contributed by atoms with van der Waals surface area (Å²) in [7, 11) is 0. The summed E-state index contributed by atoms with van der Waals surface area (Å²) in [6.45, 7) is 5.73. The van der Waals surface area contributed by atoms with E-state index >= 15 is 0 Å². The zero-order valence-corrected chi connectivity index (χ0v) is 18.5. The lowest BCUT2D eigenvalue weighted by molar-refractivity contribution is -0.0311. The molecule has 1 atom stereocenters. The predicted octanol–water partition coefficient (Wildman–Crippen LogP) is 5.48. The number of thiophene rings is 1. The van der Waals surface area contributed by atoms with Crippen LogP contribution in [0.25, 0.3) is 0 Å². The number of anilines is 1. The summed E-state index contributed by atoms with van der Waals surface area (Å²) >= 11 is 5.16. The highest BCUT2D eigenvalue weighted by Gasteiger charge is 2.37. The first-order chi connectivity index (χ1) is 12.6. The molecule has 2 bridgehead atoms. The smallest absolute Gasteiger partial charge is 0.414 e. The highest BCUT2D eigenvalue weighted by Crippen LogP contribution is 2.31. The first kappa shape index (κ1) is 20.6. The molecule has 0 aliphatic carbocycles. The molecule has 3 fully saturated rings. The normalized spacial score (nSPS) is 23.6. The number of amides is 1. The summed E-state index contributed by atoms with van der Waals surface area (Å²) in [5.41, 5.74) is 2.02. The number of nitrogens with zero attached hydrogens (tertiary/aromatic N) is 2. The summed E-state index contributed by atoms with van der Waals surface area (Å²) in [6, 6.07) is 12.1. The second-order valence-corrected chi connectivity index (χ2v) is 9.74. The van der Waals surface area contributed by atoms with E-state index in [1.807, 2.05) is 37.3 Å². The Kier molecular flexibility index (Phi) is 6.84. The largest absolute Gasteiger partial charge is 0.444 e. The van der Waals surface area contributed by atoms with Crippen LogP contribution in [0.1, 0.15) is 23.3 Å². The van der Waals surface area contributed by atoms with Crippen molar-refractivity contribution in [1.29, 1.82) is 0 Å². The quantitative estimate of drug-likeness (QED) is 0.592. The fraction of sp³-hybridized carbons (Fsp3) is 0.450. The molecule has 3 aliphatic rings. The Morgan fingerprint density at radius 1 is 1.30 bits per heavy atom. The van der Waals surface area contributed by atoms with Gasteiger partial charge in [-0.15, -0.1) is 23.7 Å². The van der Waals surface area contributed by atoms with Crippen LogP contribution in [0.3, 0.4) is 0 Å². The number of benzene rings is 1. The summed E-state index contributed by atoms with van der Waals surface area (Å²) in [5.74, 6) is 0.513. The summed E-state index contributed by atoms with van der Waals surface area (Å²) in [6.07, 6.45) is 2.06. The highest BCUT2D eigenvalue weighted by atomic mass is 79.9. The van der Waals surface area contributed by atoms with E-state index in [-0.39, 0.29) is 24.6 Å². The van der Waals surface area contributed by atoms with Gasteiger partial charge in [-0.1, -0.05) is 12.1 Å². The van der Waals surface area contributed by atoms with Gasteiger partial charge >= 0.3 is 6.09 Å². The Morgan fingerprint density at radius 2 is 2.07 bits per heavy atom. The minimum Gasteiger partial charge on any atom is -0.444 e. The van der Waals surface area contributed by atoms with E-state index in [1.165, 1.54) is 0 Å². The number of ether oxygens (including phenoxy) is 1. The van der Waals surface area contributed by atoms with Gasteiger partial charge < -0.3 is 4.74 Å². The maximum absolute atomic E-state index is 13.1. The number of halogens is 2. The Balaban J connectivity index is 0.00000210. The van der Waals surface area contributed by atoms with Crippen LogP contribution in [0.15, 0.2) is 40.2 Å². The Hall–Kier alpha value is -1.08. The standard InChI is InChI=1S/C20H23BrN2O2S.ClH/c1-14-3-2-4-16(11-14)23(12-17-5-6-19(21)26-17)20(24)25-18-13-22-9-7-15(18)8-10-22;/h2-6,11,15,18H,7-10,12-13H2,1H3;1H/t18-;/m0./s1. The third-order valence-electron chi connectivity index (χ3n) is 5.32. The van der Waals surface area contributed by atoms with Crippen LogP contribution in [0.4, 0.5) is 10.5 Å². The van der Waals surface area contributed by atoms with Crippen molar-refractivity contribution in [2.75, 3.05) is 24.5 Å². The second-order valence-electron chi connectivity index (χ2n) is 7.19. The molecule has 27 heavy (non-hydrogen) atoms. The van der Waals surface area contributed by atoms with Crippen LogP contribution in [-0.4, -0.2) is 36.7 Å². The number of fused-ring (bicyclic) bond motifs is 3. The number of hydrogen-bond acceptors (Lipinski definition) is 4. The third kappa shape index (κ3) is 4.86. The average Bonchev–Trinajstić information content (AvgIpc) is 3.05. The van der Waals surface area contributed by atoms with Gasteiger partial charge in [0.1, 0.15) is 6.10 Å². The lowest BCUT2D eigenvalue weighted by Gasteiger charge is -2.44. The van der Waals surface area contributed by atoms with Crippen LogP contribution >= 0.6 is 39.7 Å². The van der Waals surface area contributed by atoms with Gasteiger partial charge in [0.15, 0.2) is 0 Å². The maximum atomic E-state index is 13.1. The number of aryl methyl sites for hydroxylation is 1. The molecule has 1 aromatic heterocycles. The van der Waals surface area contributed by atoms with Crippen LogP contribution in [-0.2, 0) is 11.3 Å². The first-order valence-electron chi connectivity index (χ1n) is 9.10. The fourth-order valence-corrected chi connectivity index (χ4v) is 5.36. The summed E-state index contributed by atoms with van der Waals surface area (Å²) in [4.78, 5) is 18.4. The van der Waals surface area contributed by atoms with Crippen molar-refractivity contribution in [3.8, 4) is 0 Å². The van der Waals surface area contributed by atoms with Crippen molar-refractivity contribution in [1.82, 2.24) is 4.90 Å². The number of rotatable bonds is 4. The molecule has 0 N–H and O–H groups in total. The van der Waals surface area contributed by atoms with Crippen molar-refractivity contribution < 1.29 is 9.53 Å². The Morgan fingerprint density at radius 3 is 2.67 bits per heavy atom. The molecule has 3 saturated heterocycles. The van der Waals surface area contributed by atoms with Gasteiger partial charge in [0.25, 0.3) is 0 Å². The van der Waals surface area contributed by atoms with E-state index < -0.39 is 0 Å². The van der Waals surface area contributed by atoms with Crippen molar-refractivity contribution >= 4 is 51.5 Å². The van der Waals surface area contributed by atoms with Crippen LogP contribution < -0.4 is 4.90 Å². The van der Waals surface area contributed by atoms with Crippen molar-refractivity contribution in [3.63, 3.8) is 0 Å². The molecule has 4 heterocycles. The van der Waals surface area contributed by atoms with Crippen molar-refractivity contribution in [2.24, 2.45) is 5.92 Å². The zero-order valence-electron chi connectivity index (χ0n) is 15.3. The molecular weight excluding hydrogens is 448 g/mol. The van der Waals surface area contributed by atoms with E-state index in [4.69, 9.17) is 4.74 Å². The van der Waals surface area contributed by atoms with Crippen LogP contribution in [0.5, 0.6) is 0 Å². The van der Waals surface area contributed by atoms with E-state index in [0.717, 1.165) is 52.4 Å². The summed E-state index contributed by atoms with van der Waals surface area (Å²) in [5, 5.41) is 0. The van der Waals surface area contributed by atoms with Gasteiger partial charge in [-0.25, -0.2) is 4.79 Å². The molecule has 0 saturated carbocycles. The van der Waals surface area contributed by atoms with E-state index in [2.05, 4.69) is 26.9 Å². The average molecular weight is 472 g/mol. The van der Waals surface area contributed by atoms with Crippen LogP contribution in [0.2, 0.25) is 0 Å². The topological polar surface area (TPSA) is 32.8 Å². The minimum atomic E-state index is -0.237. The highest BCUT2D eigenvalue weighted by molar-refractivity contribution is 9.11. The third-order valence-corrected chi connectivity index (χ3v) is 6.93. The molecular formula is C20H24BrClN2O2S. The number of carbonyl (C=O) groups excluding carboxylic acids is 1. The molecule has 1 amide bonds. The monoisotopic (exact) mass is 470 g/mol. The molecule has 1 aromatic carbocycles. The van der Waals surface area contributed by atoms with Gasteiger partial charge in [-0.3, -0.25) is 9.80 Å². The molecule has 146 valence electrons. The number of hydrogen-bond donors (Lipinski definition) is 0. The number of piperidine rings is 3. The van der Waals surface area contributed by atoms with Gasteiger partial charge in [-0.05, 0) is 84.5 Å². The molecule has 0 unspecified atom stereocenters. The van der Waals surface area contributed by atoms with E-state index in [0.29, 0.717) is 12.5 Å². The summed E-state index contributed by atoms with van der Waals surface area (Å²) < 4.78 is 7.07. The minimum absolute atomic E-state index is 0. The lowest BCUT2D eigenvalue weighted by atomic mass is 9.86. The molecule has 4 nitrogen and oxygen atoms in total. The van der Waals surface area contributed by atoms with E-state index in [9.17, 15) is 4.79 Å². The van der Waals surface area contributed by atoms with Crippen molar-refractivity contribution in [3.05, 3.63) is 50.6 Å².